The van der Waals surface area contributed by atoms with E-state index in [2.05, 4.69) is 16.6 Å². The Morgan fingerprint density at radius 2 is 1.96 bits per heavy atom. The van der Waals surface area contributed by atoms with Crippen molar-refractivity contribution < 1.29 is 14.1 Å². The quantitative estimate of drug-likeness (QED) is 0.662. The van der Waals surface area contributed by atoms with Gasteiger partial charge in [0.2, 0.25) is 0 Å². The fourth-order valence-electron chi connectivity index (χ4n) is 2.83. The number of aryl methyl sites for hydroxylation is 1. The molecule has 0 bridgehead atoms. The molecule has 0 aliphatic carbocycles. The van der Waals surface area contributed by atoms with Crippen molar-refractivity contribution in [1.29, 1.82) is 0 Å². The maximum atomic E-state index is 12.3. The van der Waals surface area contributed by atoms with Crippen LogP contribution in [0.25, 0.3) is 11.3 Å². The maximum Gasteiger partial charge on any atom is 0.340 e. The lowest BCUT2D eigenvalue weighted by atomic mass is 10.2. The van der Waals surface area contributed by atoms with Crippen molar-refractivity contribution in [3.8, 4) is 11.3 Å². The summed E-state index contributed by atoms with van der Waals surface area (Å²) in [6.07, 6.45) is 0. The summed E-state index contributed by atoms with van der Waals surface area (Å²) in [6.45, 7) is 6.88. The van der Waals surface area contributed by atoms with Crippen LogP contribution in [0.2, 0.25) is 0 Å². The van der Waals surface area contributed by atoms with Gasteiger partial charge < -0.3 is 13.8 Å². The summed E-state index contributed by atoms with van der Waals surface area (Å²) in [5, 5.41) is 3.96. The third kappa shape index (κ3) is 3.11. The minimum atomic E-state index is -0.341. The molecule has 24 heavy (non-hydrogen) atoms. The minimum absolute atomic E-state index is 0.0883. The van der Waals surface area contributed by atoms with Gasteiger partial charge in [-0.15, -0.1) is 0 Å². The number of carbonyl (C=O) groups is 1. The zero-order chi connectivity index (χ0) is 17.1. The van der Waals surface area contributed by atoms with Gasteiger partial charge in [-0.2, -0.15) is 0 Å². The molecule has 3 aromatic rings. The zero-order valence-corrected chi connectivity index (χ0v) is 14.1. The highest BCUT2D eigenvalue weighted by molar-refractivity contribution is 5.91. The van der Waals surface area contributed by atoms with Gasteiger partial charge in [0, 0.05) is 29.6 Å². The van der Waals surface area contributed by atoms with Crippen LogP contribution < -0.4 is 0 Å². The largest absolute Gasteiger partial charge is 0.455 e. The van der Waals surface area contributed by atoms with E-state index in [1.54, 1.807) is 6.07 Å². The lowest BCUT2D eigenvalue weighted by Crippen LogP contribution is -2.07. The lowest BCUT2D eigenvalue weighted by molar-refractivity contribution is 0.0463. The first-order valence-corrected chi connectivity index (χ1v) is 7.95. The standard InChI is InChI=1S/C19H20N2O3/c1-4-21-13(2)10-17(14(21)3)19(22)23-12-16-11-18(24-20-16)15-8-6-5-7-9-15/h5-11H,4,12H2,1-3H3. The Kier molecular flexibility index (Phi) is 4.51. The summed E-state index contributed by atoms with van der Waals surface area (Å²) in [5.41, 5.74) is 4.10. The van der Waals surface area contributed by atoms with E-state index < -0.39 is 0 Å². The predicted octanol–water partition coefficient (Wildman–Crippen LogP) is 4.14. The minimum Gasteiger partial charge on any atom is -0.455 e. The number of rotatable bonds is 5. The Morgan fingerprint density at radius 1 is 1.21 bits per heavy atom. The van der Waals surface area contributed by atoms with E-state index in [1.807, 2.05) is 50.2 Å². The molecule has 5 nitrogen and oxygen atoms in total. The van der Waals surface area contributed by atoms with Crippen molar-refractivity contribution >= 4 is 5.97 Å². The topological polar surface area (TPSA) is 57.3 Å². The average Bonchev–Trinajstić information content (AvgIpc) is 3.18. The molecule has 124 valence electrons. The van der Waals surface area contributed by atoms with E-state index in [1.165, 1.54) is 0 Å². The van der Waals surface area contributed by atoms with Crippen molar-refractivity contribution in [3.63, 3.8) is 0 Å². The van der Waals surface area contributed by atoms with Gasteiger partial charge in [0.15, 0.2) is 5.76 Å². The van der Waals surface area contributed by atoms with E-state index in [0.29, 0.717) is 17.0 Å². The number of benzene rings is 1. The monoisotopic (exact) mass is 324 g/mol. The Balaban J connectivity index is 1.68. The van der Waals surface area contributed by atoms with Gasteiger partial charge in [-0.3, -0.25) is 0 Å². The number of esters is 1. The zero-order valence-electron chi connectivity index (χ0n) is 14.1. The molecule has 0 amide bonds. The molecular formula is C19H20N2O3. The van der Waals surface area contributed by atoms with Gasteiger partial charge in [0.1, 0.15) is 12.3 Å². The molecule has 0 saturated carbocycles. The Bertz CT molecular complexity index is 847. The number of nitrogens with zero attached hydrogens (tertiary/aromatic N) is 2. The highest BCUT2D eigenvalue weighted by Gasteiger charge is 2.17. The SMILES string of the molecule is CCn1c(C)cc(C(=O)OCc2cc(-c3ccccc3)on2)c1C. The summed E-state index contributed by atoms with van der Waals surface area (Å²) < 4.78 is 12.8. The molecule has 0 fully saturated rings. The summed E-state index contributed by atoms with van der Waals surface area (Å²) in [5.74, 6) is 0.317. The fraction of sp³-hybridized carbons (Fsp3) is 0.263. The van der Waals surface area contributed by atoms with Crippen LogP contribution in [0.4, 0.5) is 0 Å². The van der Waals surface area contributed by atoms with Crippen LogP contribution in [0, 0.1) is 13.8 Å². The van der Waals surface area contributed by atoms with Crippen LogP contribution in [-0.2, 0) is 17.9 Å². The third-order valence-corrected chi connectivity index (χ3v) is 4.08. The molecule has 2 aromatic heterocycles. The first kappa shape index (κ1) is 16.1. The molecule has 0 N–H and O–H groups in total. The second kappa shape index (κ2) is 6.74. The summed E-state index contributed by atoms with van der Waals surface area (Å²) in [7, 11) is 0. The molecule has 0 radical (unpaired) electrons. The molecule has 0 aliphatic heterocycles. The van der Waals surface area contributed by atoms with Gasteiger partial charge in [0.05, 0.1) is 5.56 Å². The first-order valence-electron chi connectivity index (χ1n) is 7.95. The molecule has 5 heteroatoms. The number of ether oxygens (including phenoxy) is 1. The first-order chi connectivity index (χ1) is 11.6. The summed E-state index contributed by atoms with van der Waals surface area (Å²) in [4.78, 5) is 12.3. The van der Waals surface area contributed by atoms with Crippen molar-refractivity contribution in [2.45, 2.75) is 33.9 Å². The van der Waals surface area contributed by atoms with Crippen LogP contribution in [0.15, 0.2) is 47.0 Å². The van der Waals surface area contributed by atoms with Crippen molar-refractivity contribution in [3.05, 3.63) is 65.1 Å². The van der Waals surface area contributed by atoms with Crippen molar-refractivity contribution in [1.82, 2.24) is 9.72 Å². The normalized spacial score (nSPS) is 10.8. The van der Waals surface area contributed by atoms with Crippen LogP contribution in [0.5, 0.6) is 0 Å². The van der Waals surface area contributed by atoms with E-state index in [0.717, 1.165) is 23.5 Å². The molecule has 2 heterocycles. The summed E-state index contributed by atoms with van der Waals surface area (Å²) in [6, 6.07) is 13.3. The highest BCUT2D eigenvalue weighted by Crippen LogP contribution is 2.21. The highest BCUT2D eigenvalue weighted by atomic mass is 16.5. The molecular weight excluding hydrogens is 304 g/mol. The second-order valence-electron chi connectivity index (χ2n) is 5.65. The molecule has 3 rings (SSSR count). The Labute approximate surface area is 140 Å². The third-order valence-electron chi connectivity index (χ3n) is 4.08. The van der Waals surface area contributed by atoms with Crippen molar-refractivity contribution in [2.75, 3.05) is 0 Å². The van der Waals surface area contributed by atoms with Crippen LogP contribution >= 0.6 is 0 Å². The van der Waals surface area contributed by atoms with Crippen LogP contribution in [0.3, 0.4) is 0 Å². The van der Waals surface area contributed by atoms with Gasteiger partial charge in [-0.05, 0) is 26.8 Å². The second-order valence-corrected chi connectivity index (χ2v) is 5.65. The molecule has 0 spiro atoms. The summed E-state index contributed by atoms with van der Waals surface area (Å²) >= 11 is 0. The smallest absolute Gasteiger partial charge is 0.340 e. The van der Waals surface area contributed by atoms with E-state index in [-0.39, 0.29) is 12.6 Å². The molecule has 0 saturated heterocycles. The Hall–Kier alpha value is -2.82. The average molecular weight is 324 g/mol. The molecule has 0 unspecified atom stereocenters. The molecule has 0 atom stereocenters. The van der Waals surface area contributed by atoms with E-state index in [4.69, 9.17) is 9.26 Å². The van der Waals surface area contributed by atoms with Crippen LogP contribution in [-0.4, -0.2) is 15.7 Å². The lowest BCUT2D eigenvalue weighted by Gasteiger charge is -2.05. The van der Waals surface area contributed by atoms with Gasteiger partial charge >= 0.3 is 5.97 Å². The van der Waals surface area contributed by atoms with E-state index >= 15 is 0 Å². The number of hydrogen-bond acceptors (Lipinski definition) is 4. The van der Waals surface area contributed by atoms with E-state index in [9.17, 15) is 4.79 Å². The molecule has 0 aliphatic rings. The number of hydrogen-bond donors (Lipinski definition) is 0. The molecule has 1 aromatic carbocycles. The number of carbonyl (C=O) groups excluding carboxylic acids is 1. The number of aromatic nitrogens is 2. The Morgan fingerprint density at radius 3 is 2.62 bits per heavy atom. The van der Waals surface area contributed by atoms with Gasteiger partial charge in [-0.25, -0.2) is 4.79 Å². The maximum absolute atomic E-state index is 12.3. The predicted molar refractivity (Wildman–Crippen MR) is 90.6 cm³/mol. The van der Waals surface area contributed by atoms with Crippen molar-refractivity contribution in [2.24, 2.45) is 0 Å². The van der Waals surface area contributed by atoms with Gasteiger partial charge in [0.25, 0.3) is 0 Å². The van der Waals surface area contributed by atoms with Gasteiger partial charge in [-0.1, -0.05) is 35.5 Å². The fourth-order valence-corrected chi connectivity index (χ4v) is 2.83. The van der Waals surface area contributed by atoms with Crippen LogP contribution in [0.1, 0.15) is 34.4 Å².